The van der Waals surface area contributed by atoms with Gasteiger partial charge in [0.1, 0.15) is 11.5 Å². The van der Waals surface area contributed by atoms with Crippen LogP contribution in [0.1, 0.15) is 77.3 Å². The van der Waals surface area contributed by atoms with Gasteiger partial charge in [-0.3, -0.25) is 0 Å². The number of rotatable bonds is 12. The Morgan fingerprint density at radius 2 is 1.34 bits per heavy atom. The average Bonchev–Trinajstić information content (AvgIpc) is 2.80. The third-order valence-electron chi connectivity index (χ3n) is 5.29. The molecule has 0 saturated heterocycles. The Labute approximate surface area is 191 Å². The summed E-state index contributed by atoms with van der Waals surface area (Å²) in [5, 5.41) is 1.39. The first-order chi connectivity index (χ1) is 15.5. The number of hydrogen-bond acceptors (Lipinski definition) is 6. The van der Waals surface area contributed by atoms with Crippen LogP contribution in [0.5, 0.6) is 11.5 Å². The molecule has 6 heteroatoms. The highest BCUT2D eigenvalue weighted by Crippen LogP contribution is 2.38. The first kappa shape index (κ1) is 25.5. The maximum atomic E-state index is 12.3. The SMILES string of the molecule is CCCCCOC(=O)Oc1cc(CC)c(OC(=O)OCCCCC)c2ccc(CC)cc12. The lowest BCUT2D eigenvalue weighted by Crippen LogP contribution is -2.14. The van der Waals surface area contributed by atoms with E-state index in [1.165, 1.54) is 0 Å². The molecule has 0 aliphatic rings. The highest BCUT2D eigenvalue weighted by Gasteiger charge is 2.19. The van der Waals surface area contributed by atoms with Crippen LogP contribution in [0.2, 0.25) is 0 Å². The minimum atomic E-state index is -0.727. The molecule has 0 saturated carbocycles. The Bertz CT molecular complexity index is 890. The predicted molar refractivity (Wildman–Crippen MR) is 126 cm³/mol. The van der Waals surface area contributed by atoms with Gasteiger partial charge >= 0.3 is 12.3 Å². The summed E-state index contributed by atoms with van der Waals surface area (Å²) >= 11 is 0. The number of aryl methyl sites for hydroxylation is 2. The maximum Gasteiger partial charge on any atom is 0.513 e. The number of ether oxygens (including phenoxy) is 4. The van der Waals surface area contributed by atoms with Crippen molar-refractivity contribution in [2.45, 2.75) is 79.1 Å². The molecule has 0 unspecified atom stereocenters. The van der Waals surface area contributed by atoms with E-state index >= 15 is 0 Å². The summed E-state index contributed by atoms with van der Waals surface area (Å²) < 4.78 is 21.6. The quantitative estimate of drug-likeness (QED) is 0.193. The molecule has 0 aliphatic carbocycles. The van der Waals surface area contributed by atoms with Crippen molar-refractivity contribution in [2.24, 2.45) is 0 Å². The number of benzene rings is 2. The van der Waals surface area contributed by atoms with E-state index in [0.29, 0.717) is 41.9 Å². The van der Waals surface area contributed by atoms with Crippen molar-refractivity contribution in [1.29, 1.82) is 0 Å². The van der Waals surface area contributed by atoms with E-state index in [1.807, 2.05) is 25.1 Å². The number of hydrogen-bond donors (Lipinski definition) is 0. The molecule has 0 amide bonds. The third kappa shape index (κ3) is 7.43. The zero-order valence-corrected chi connectivity index (χ0v) is 19.8. The Morgan fingerprint density at radius 1 is 0.719 bits per heavy atom. The van der Waals surface area contributed by atoms with Gasteiger partial charge in [-0.25, -0.2) is 9.59 Å². The summed E-state index contributed by atoms with van der Waals surface area (Å²) in [6.45, 7) is 8.84. The molecule has 0 atom stereocenters. The highest BCUT2D eigenvalue weighted by molar-refractivity contribution is 5.97. The number of carbonyl (C=O) groups is 2. The zero-order valence-electron chi connectivity index (χ0n) is 19.8. The zero-order chi connectivity index (χ0) is 23.3. The summed E-state index contributed by atoms with van der Waals surface area (Å²) in [4.78, 5) is 24.6. The minimum absolute atomic E-state index is 0.330. The van der Waals surface area contributed by atoms with Crippen LogP contribution in [0.25, 0.3) is 10.8 Å². The lowest BCUT2D eigenvalue weighted by Gasteiger charge is -2.16. The topological polar surface area (TPSA) is 71.1 Å². The molecule has 2 rings (SSSR count). The first-order valence-corrected chi connectivity index (χ1v) is 11.8. The van der Waals surface area contributed by atoms with Gasteiger partial charge in [0.2, 0.25) is 0 Å². The molecule has 0 radical (unpaired) electrons. The molecule has 0 fully saturated rings. The largest absolute Gasteiger partial charge is 0.513 e. The molecule has 0 spiro atoms. The van der Waals surface area contributed by atoms with Crippen LogP contribution in [0, 0.1) is 0 Å². The molecular formula is C26H36O6. The molecule has 0 aromatic heterocycles. The second kappa shape index (κ2) is 13.6. The van der Waals surface area contributed by atoms with E-state index in [2.05, 4.69) is 20.8 Å². The summed E-state index contributed by atoms with van der Waals surface area (Å²) in [6.07, 6.45) is 5.66. The summed E-state index contributed by atoms with van der Waals surface area (Å²) in [5.41, 5.74) is 1.83. The fourth-order valence-corrected chi connectivity index (χ4v) is 3.40. The van der Waals surface area contributed by atoms with E-state index in [1.54, 1.807) is 6.07 Å². The first-order valence-electron chi connectivity index (χ1n) is 11.8. The standard InChI is InChI=1S/C26H36O6/c1-5-9-11-15-29-25(27)31-23-18-20(8-4)24(32-26(28)30-16-12-10-6-2)21-14-13-19(7-3)17-22(21)23/h13-14,17-18H,5-12,15-16H2,1-4H3. The Kier molecular flexibility index (Phi) is 10.8. The van der Waals surface area contributed by atoms with Crippen LogP contribution in [0.4, 0.5) is 9.59 Å². The van der Waals surface area contributed by atoms with Gasteiger partial charge in [0.25, 0.3) is 0 Å². The second-order valence-electron chi connectivity index (χ2n) is 7.77. The van der Waals surface area contributed by atoms with E-state index in [4.69, 9.17) is 18.9 Å². The van der Waals surface area contributed by atoms with Crippen LogP contribution >= 0.6 is 0 Å². The second-order valence-corrected chi connectivity index (χ2v) is 7.77. The Hall–Kier alpha value is -2.76. The van der Waals surface area contributed by atoms with Crippen LogP contribution in [0.15, 0.2) is 24.3 Å². The molecule has 0 aliphatic heterocycles. The molecule has 0 bridgehead atoms. The van der Waals surface area contributed by atoms with Gasteiger partial charge in [0, 0.05) is 10.8 Å². The van der Waals surface area contributed by atoms with Gasteiger partial charge in [0.15, 0.2) is 0 Å². The molecule has 32 heavy (non-hydrogen) atoms. The van der Waals surface area contributed by atoms with Crippen LogP contribution in [-0.2, 0) is 22.3 Å². The molecule has 176 valence electrons. The Morgan fingerprint density at radius 3 is 1.91 bits per heavy atom. The molecular weight excluding hydrogens is 408 g/mol. The number of unbranched alkanes of at least 4 members (excludes halogenated alkanes) is 4. The summed E-state index contributed by atoms with van der Waals surface area (Å²) in [5.74, 6) is 0.839. The van der Waals surface area contributed by atoms with Gasteiger partial charge in [-0.1, -0.05) is 65.5 Å². The third-order valence-corrected chi connectivity index (χ3v) is 5.29. The van der Waals surface area contributed by atoms with Crippen molar-refractivity contribution >= 4 is 23.1 Å². The average molecular weight is 445 g/mol. The Balaban J connectivity index is 2.30. The minimum Gasteiger partial charge on any atom is -0.434 e. The molecule has 0 N–H and O–H groups in total. The van der Waals surface area contributed by atoms with Crippen LogP contribution in [0.3, 0.4) is 0 Å². The summed E-state index contributed by atoms with van der Waals surface area (Å²) in [7, 11) is 0. The fraction of sp³-hybridized carbons (Fsp3) is 0.538. The molecule has 2 aromatic carbocycles. The molecule has 6 nitrogen and oxygen atoms in total. The molecule has 2 aromatic rings. The monoisotopic (exact) mass is 444 g/mol. The van der Waals surface area contributed by atoms with Gasteiger partial charge in [-0.05, 0) is 48.9 Å². The van der Waals surface area contributed by atoms with Gasteiger partial charge in [0.05, 0.1) is 13.2 Å². The van der Waals surface area contributed by atoms with Gasteiger partial charge < -0.3 is 18.9 Å². The number of fused-ring (bicyclic) bond motifs is 1. The van der Waals surface area contributed by atoms with Crippen LogP contribution < -0.4 is 9.47 Å². The van der Waals surface area contributed by atoms with E-state index in [9.17, 15) is 9.59 Å². The van der Waals surface area contributed by atoms with Gasteiger partial charge in [-0.15, -0.1) is 0 Å². The van der Waals surface area contributed by atoms with Crippen LogP contribution in [-0.4, -0.2) is 25.5 Å². The van der Waals surface area contributed by atoms with E-state index in [0.717, 1.165) is 56.1 Å². The van der Waals surface area contributed by atoms with Crippen molar-refractivity contribution in [1.82, 2.24) is 0 Å². The number of carbonyl (C=O) groups excluding carboxylic acids is 2. The molecule has 0 heterocycles. The lowest BCUT2D eigenvalue weighted by atomic mass is 9.99. The van der Waals surface area contributed by atoms with Crippen molar-refractivity contribution in [3.63, 3.8) is 0 Å². The van der Waals surface area contributed by atoms with Crippen molar-refractivity contribution in [3.05, 3.63) is 35.4 Å². The van der Waals surface area contributed by atoms with Gasteiger partial charge in [-0.2, -0.15) is 0 Å². The van der Waals surface area contributed by atoms with E-state index in [-0.39, 0.29) is 0 Å². The predicted octanol–water partition coefficient (Wildman–Crippen LogP) is 7.38. The van der Waals surface area contributed by atoms with E-state index < -0.39 is 12.3 Å². The van der Waals surface area contributed by atoms with Crippen molar-refractivity contribution in [3.8, 4) is 11.5 Å². The summed E-state index contributed by atoms with van der Waals surface area (Å²) in [6, 6.07) is 7.57. The fourth-order valence-electron chi connectivity index (χ4n) is 3.40. The maximum absolute atomic E-state index is 12.3. The smallest absolute Gasteiger partial charge is 0.434 e. The lowest BCUT2D eigenvalue weighted by molar-refractivity contribution is 0.0957. The normalized spacial score (nSPS) is 10.8. The highest BCUT2D eigenvalue weighted by atomic mass is 16.7. The van der Waals surface area contributed by atoms with Crippen molar-refractivity contribution < 1.29 is 28.5 Å². The van der Waals surface area contributed by atoms with Crippen molar-refractivity contribution in [2.75, 3.05) is 13.2 Å².